The van der Waals surface area contributed by atoms with E-state index in [4.69, 9.17) is 26.8 Å². The molecule has 0 aromatic heterocycles. The molecule has 0 fully saturated rings. The zero-order valence-electron chi connectivity index (χ0n) is 7.59. The minimum Gasteiger partial charge on any atom is -0.388 e. The van der Waals surface area contributed by atoms with E-state index < -0.39 is 24.0 Å². The highest BCUT2D eigenvalue weighted by molar-refractivity contribution is 4.88. The fraction of sp³-hybridized carbons (Fsp3) is 1.00. The second-order valence-corrected chi connectivity index (χ2v) is 3.38. The molecular formula is C7H18N2O4. The summed E-state index contributed by atoms with van der Waals surface area (Å²) in [6.07, 6.45) is -3.53. The smallest absolute Gasteiger partial charge is 0.178 e. The Bertz CT molecular complexity index is 151. The van der Waals surface area contributed by atoms with Crippen molar-refractivity contribution in [2.45, 2.75) is 37.4 Å². The molecule has 0 aromatic rings. The Morgan fingerprint density at radius 1 is 1.31 bits per heavy atom. The zero-order valence-corrected chi connectivity index (χ0v) is 7.59. The van der Waals surface area contributed by atoms with Gasteiger partial charge < -0.3 is 31.9 Å². The van der Waals surface area contributed by atoms with Crippen molar-refractivity contribution in [3.05, 3.63) is 0 Å². The summed E-state index contributed by atoms with van der Waals surface area (Å²) in [6.45, 7) is 1.44. The van der Waals surface area contributed by atoms with Crippen LogP contribution in [0.3, 0.4) is 0 Å². The van der Waals surface area contributed by atoms with Gasteiger partial charge in [0.05, 0.1) is 5.60 Å². The van der Waals surface area contributed by atoms with Gasteiger partial charge in [0.15, 0.2) is 6.29 Å². The van der Waals surface area contributed by atoms with E-state index in [-0.39, 0.29) is 13.0 Å². The fourth-order valence-electron chi connectivity index (χ4n) is 0.934. The predicted octanol–water partition coefficient (Wildman–Crippen LogP) is -2.91. The Balaban J connectivity index is 4.15. The Hall–Kier alpha value is -0.240. The highest BCUT2D eigenvalue weighted by atomic mass is 16.5. The van der Waals surface area contributed by atoms with Crippen molar-refractivity contribution in [2.75, 3.05) is 6.54 Å². The van der Waals surface area contributed by atoms with Crippen LogP contribution >= 0.6 is 0 Å². The monoisotopic (exact) mass is 194 g/mol. The third-order valence-corrected chi connectivity index (χ3v) is 2.02. The molecular weight excluding hydrogens is 176 g/mol. The molecule has 0 radical (unpaired) electrons. The maximum absolute atomic E-state index is 9.62. The van der Waals surface area contributed by atoms with Crippen molar-refractivity contribution in [2.24, 2.45) is 11.5 Å². The van der Waals surface area contributed by atoms with Gasteiger partial charge in [-0.3, -0.25) is 0 Å². The van der Waals surface area contributed by atoms with Gasteiger partial charge >= 0.3 is 0 Å². The lowest BCUT2D eigenvalue weighted by Gasteiger charge is -2.31. The van der Waals surface area contributed by atoms with Gasteiger partial charge in [0.25, 0.3) is 0 Å². The summed E-state index contributed by atoms with van der Waals surface area (Å²) in [7, 11) is 0. The average Bonchev–Trinajstić information content (AvgIpc) is 2.01. The van der Waals surface area contributed by atoms with Crippen LogP contribution in [0.5, 0.6) is 0 Å². The van der Waals surface area contributed by atoms with Gasteiger partial charge in [-0.05, 0) is 6.92 Å². The van der Waals surface area contributed by atoms with Crippen molar-refractivity contribution >= 4 is 0 Å². The lowest BCUT2D eigenvalue weighted by Crippen LogP contribution is -2.52. The van der Waals surface area contributed by atoms with E-state index in [2.05, 4.69) is 0 Å². The van der Waals surface area contributed by atoms with Gasteiger partial charge in [-0.25, -0.2) is 0 Å². The number of aliphatic hydroxyl groups excluding tert-OH is 2. The van der Waals surface area contributed by atoms with E-state index in [1.807, 2.05) is 0 Å². The topological polar surface area (TPSA) is 133 Å². The maximum Gasteiger partial charge on any atom is 0.178 e. The molecule has 0 aromatic carbocycles. The minimum atomic E-state index is -1.88. The maximum atomic E-state index is 9.62. The largest absolute Gasteiger partial charge is 0.388 e. The molecule has 0 heterocycles. The number of nitrogens with two attached hydrogens (primary N) is 2. The van der Waals surface area contributed by atoms with Crippen molar-refractivity contribution in [1.29, 1.82) is 0 Å². The van der Waals surface area contributed by atoms with E-state index in [9.17, 15) is 5.11 Å². The summed E-state index contributed by atoms with van der Waals surface area (Å²) < 4.78 is 0. The second-order valence-electron chi connectivity index (χ2n) is 3.38. The highest BCUT2D eigenvalue weighted by Gasteiger charge is 2.32. The number of rotatable bonds is 5. The van der Waals surface area contributed by atoms with Crippen LogP contribution in [0, 0.1) is 0 Å². The van der Waals surface area contributed by atoms with Gasteiger partial charge in [0.2, 0.25) is 0 Å². The van der Waals surface area contributed by atoms with E-state index in [1.54, 1.807) is 0 Å². The molecule has 0 spiro atoms. The molecule has 6 heteroatoms. The molecule has 6 nitrogen and oxygen atoms in total. The molecule has 8 N–H and O–H groups in total. The number of hydrogen-bond donors (Lipinski definition) is 6. The highest BCUT2D eigenvalue weighted by Crippen LogP contribution is 2.16. The molecule has 0 amide bonds. The molecule has 0 rings (SSSR count). The third kappa shape index (κ3) is 3.99. The fourth-order valence-corrected chi connectivity index (χ4v) is 0.934. The standard InChI is InChI=1S/C7H18N2O4/c1-7(13,5(9)3-8)2-4(10)6(11)12/h4-6,10-13H,2-3,8-9H2,1H3. The lowest BCUT2D eigenvalue weighted by molar-refractivity contribution is -0.145. The van der Waals surface area contributed by atoms with Crippen LogP contribution in [-0.4, -0.2) is 51.0 Å². The van der Waals surface area contributed by atoms with Gasteiger partial charge in [-0.1, -0.05) is 0 Å². The number of hydrogen-bond acceptors (Lipinski definition) is 6. The van der Waals surface area contributed by atoms with Crippen LogP contribution in [-0.2, 0) is 0 Å². The van der Waals surface area contributed by atoms with Crippen LogP contribution in [0.2, 0.25) is 0 Å². The Labute approximate surface area is 76.8 Å². The molecule has 13 heavy (non-hydrogen) atoms. The SMILES string of the molecule is CC(O)(CC(O)C(O)O)C(N)CN. The predicted molar refractivity (Wildman–Crippen MR) is 46.5 cm³/mol. The van der Waals surface area contributed by atoms with Crippen LogP contribution in [0.1, 0.15) is 13.3 Å². The Morgan fingerprint density at radius 3 is 2.08 bits per heavy atom. The second kappa shape index (κ2) is 4.85. The van der Waals surface area contributed by atoms with Crippen LogP contribution < -0.4 is 11.5 Å². The van der Waals surface area contributed by atoms with Gasteiger partial charge in [-0.15, -0.1) is 0 Å². The summed E-state index contributed by atoms with van der Waals surface area (Å²) >= 11 is 0. The summed E-state index contributed by atoms with van der Waals surface area (Å²) in [5.41, 5.74) is 9.26. The average molecular weight is 194 g/mol. The van der Waals surface area contributed by atoms with Crippen molar-refractivity contribution in [3.8, 4) is 0 Å². The first-order valence-electron chi connectivity index (χ1n) is 4.03. The zero-order chi connectivity index (χ0) is 10.6. The van der Waals surface area contributed by atoms with E-state index in [0.29, 0.717) is 0 Å². The summed E-state index contributed by atoms with van der Waals surface area (Å²) in [4.78, 5) is 0. The van der Waals surface area contributed by atoms with Crippen LogP contribution in [0.25, 0.3) is 0 Å². The first-order chi connectivity index (χ1) is 5.81. The quantitative estimate of drug-likeness (QED) is 0.260. The van der Waals surface area contributed by atoms with Crippen molar-refractivity contribution in [1.82, 2.24) is 0 Å². The number of aliphatic hydroxyl groups is 4. The Morgan fingerprint density at radius 2 is 1.77 bits per heavy atom. The Kier molecular flexibility index (Phi) is 4.76. The molecule has 0 aliphatic heterocycles. The molecule has 80 valence electrons. The normalized spacial score (nSPS) is 21.2. The van der Waals surface area contributed by atoms with E-state index in [0.717, 1.165) is 0 Å². The van der Waals surface area contributed by atoms with E-state index in [1.165, 1.54) is 6.92 Å². The summed E-state index contributed by atoms with van der Waals surface area (Å²) in [5, 5.41) is 35.8. The molecule has 0 bridgehead atoms. The summed E-state index contributed by atoms with van der Waals surface area (Å²) in [5.74, 6) is 0. The molecule has 3 unspecified atom stereocenters. The minimum absolute atomic E-state index is 0.0568. The molecule has 0 aliphatic rings. The third-order valence-electron chi connectivity index (χ3n) is 2.02. The van der Waals surface area contributed by atoms with Crippen LogP contribution in [0.4, 0.5) is 0 Å². The molecule has 0 saturated carbocycles. The lowest BCUT2D eigenvalue weighted by atomic mass is 9.90. The first kappa shape index (κ1) is 12.8. The van der Waals surface area contributed by atoms with Crippen molar-refractivity contribution in [3.63, 3.8) is 0 Å². The van der Waals surface area contributed by atoms with Gasteiger partial charge in [0.1, 0.15) is 6.10 Å². The van der Waals surface area contributed by atoms with Gasteiger partial charge in [0, 0.05) is 19.0 Å². The first-order valence-corrected chi connectivity index (χ1v) is 4.03. The van der Waals surface area contributed by atoms with Crippen molar-refractivity contribution < 1.29 is 20.4 Å². The van der Waals surface area contributed by atoms with Gasteiger partial charge in [-0.2, -0.15) is 0 Å². The molecule has 0 aliphatic carbocycles. The molecule has 0 saturated heterocycles. The summed E-state index contributed by atoms with van der Waals surface area (Å²) in [6, 6.07) is -0.708. The van der Waals surface area contributed by atoms with E-state index >= 15 is 0 Å². The van der Waals surface area contributed by atoms with Crippen LogP contribution in [0.15, 0.2) is 0 Å². The molecule has 3 atom stereocenters.